The second-order valence-corrected chi connectivity index (χ2v) is 9.53. The number of anilines is 2. The van der Waals surface area contributed by atoms with Crippen LogP contribution >= 0.6 is 0 Å². The Hall–Kier alpha value is -3.64. The summed E-state index contributed by atoms with van der Waals surface area (Å²) in [6, 6.07) is 2.12. The number of carbonyl (C=O) groups excluding carboxylic acids is 4. The Labute approximate surface area is 207 Å². The summed E-state index contributed by atoms with van der Waals surface area (Å²) < 4.78 is 40.2. The van der Waals surface area contributed by atoms with E-state index in [0.29, 0.717) is 0 Å². The number of benzene rings is 1. The summed E-state index contributed by atoms with van der Waals surface area (Å²) in [4.78, 5) is 51.4. The monoisotopic (exact) mass is 511 g/mol. The van der Waals surface area contributed by atoms with Gasteiger partial charge in [0.2, 0.25) is 11.8 Å². The first-order chi connectivity index (χ1) is 16.8. The molecule has 3 rings (SSSR count). The molecule has 2 fully saturated rings. The highest BCUT2D eigenvalue weighted by Crippen LogP contribution is 2.31. The van der Waals surface area contributed by atoms with Crippen LogP contribution in [0, 0.1) is 11.6 Å². The molecule has 0 unspecified atom stereocenters. The number of hydrogen-bond donors (Lipinski definition) is 2. The molecule has 0 bridgehead atoms. The molecule has 1 aromatic rings. The molecule has 2 heterocycles. The number of hydrogen-bond acceptors (Lipinski definition) is 7. The maximum absolute atomic E-state index is 15.0. The Morgan fingerprint density at radius 2 is 1.69 bits per heavy atom. The van der Waals surface area contributed by atoms with Gasteiger partial charge in [0.15, 0.2) is 11.6 Å². The standard InChI is InChI=1S/C23H31F2N5O6/c1-14(31)26-11-16-13-30(22(34)35-16)15-9-17(24)20(18(25)10-15)29-7-5-28(6-8-29)19(32)12-27-21(33)36-23(2,3)4/h9-10,16H,5-8,11-13H2,1-4H3,(H,26,31)(H,27,33)/t16-/m0/s1. The lowest BCUT2D eigenvalue weighted by atomic mass is 10.2. The molecule has 13 heteroatoms. The van der Waals surface area contributed by atoms with E-state index < -0.39 is 35.5 Å². The molecular weight excluding hydrogens is 480 g/mol. The molecule has 2 N–H and O–H groups in total. The van der Waals surface area contributed by atoms with E-state index in [1.54, 1.807) is 20.8 Å². The first kappa shape index (κ1) is 27.0. The van der Waals surface area contributed by atoms with Gasteiger partial charge in [0.05, 0.1) is 18.8 Å². The van der Waals surface area contributed by atoms with E-state index in [1.807, 2.05) is 0 Å². The fourth-order valence-corrected chi connectivity index (χ4v) is 3.86. The molecule has 0 spiro atoms. The Kier molecular flexibility index (Phi) is 8.21. The van der Waals surface area contributed by atoms with Crippen molar-refractivity contribution in [1.29, 1.82) is 0 Å². The molecule has 0 aromatic heterocycles. The molecule has 1 aromatic carbocycles. The van der Waals surface area contributed by atoms with Gasteiger partial charge in [-0.3, -0.25) is 14.5 Å². The van der Waals surface area contributed by atoms with Crippen LogP contribution in [0.3, 0.4) is 0 Å². The number of alkyl carbamates (subject to hydrolysis) is 1. The predicted octanol–water partition coefficient (Wildman–Crippen LogP) is 1.60. The number of cyclic esters (lactones) is 1. The fraction of sp³-hybridized carbons (Fsp3) is 0.565. The van der Waals surface area contributed by atoms with Crippen molar-refractivity contribution in [1.82, 2.24) is 15.5 Å². The van der Waals surface area contributed by atoms with Crippen molar-refractivity contribution in [2.24, 2.45) is 0 Å². The number of ether oxygens (including phenoxy) is 2. The van der Waals surface area contributed by atoms with E-state index in [2.05, 4.69) is 10.6 Å². The maximum Gasteiger partial charge on any atom is 0.414 e. The third-order valence-corrected chi connectivity index (χ3v) is 5.50. The second kappa shape index (κ2) is 11.0. The highest BCUT2D eigenvalue weighted by Gasteiger charge is 2.34. The van der Waals surface area contributed by atoms with Gasteiger partial charge in [-0.15, -0.1) is 0 Å². The van der Waals surface area contributed by atoms with Crippen molar-refractivity contribution in [3.05, 3.63) is 23.8 Å². The Balaban J connectivity index is 1.57. The predicted molar refractivity (Wildman–Crippen MR) is 126 cm³/mol. The number of rotatable bonds is 6. The van der Waals surface area contributed by atoms with Gasteiger partial charge in [0.1, 0.15) is 23.9 Å². The van der Waals surface area contributed by atoms with Crippen molar-refractivity contribution in [2.75, 3.05) is 55.6 Å². The SMILES string of the molecule is CC(=O)NC[C@H]1CN(c2cc(F)c(N3CCN(C(=O)CNC(=O)OC(C)(C)C)CC3)c(F)c2)C(=O)O1. The van der Waals surface area contributed by atoms with Gasteiger partial charge < -0.3 is 29.9 Å². The van der Waals surface area contributed by atoms with Crippen LogP contribution in [0.1, 0.15) is 27.7 Å². The molecule has 4 amide bonds. The van der Waals surface area contributed by atoms with Crippen LogP contribution in [0.2, 0.25) is 0 Å². The van der Waals surface area contributed by atoms with E-state index in [4.69, 9.17) is 9.47 Å². The second-order valence-electron chi connectivity index (χ2n) is 9.53. The summed E-state index contributed by atoms with van der Waals surface area (Å²) in [7, 11) is 0. The van der Waals surface area contributed by atoms with E-state index in [1.165, 1.54) is 16.7 Å². The van der Waals surface area contributed by atoms with Crippen LogP contribution in [0.15, 0.2) is 12.1 Å². The summed E-state index contributed by atoms with van der Waals surface area (Å²) in [5.41, 5.74) is -0.933. The van der Waals surface area contributed by atoms with Crippen molar-refractivity contribution < 1.29 is 37.4 Å². The number of nitrogens with zero attached hydrogens (tertiary/aromatic N) is 3. The van der Waals surface area contributed by atoms with Gasteiger partial charge >= 0.3 is 12.2 Å². The van der Waals surface area contributed by atoms with Crippen LogP contribution < -0.4 is 20.4 Å². The molecule has 2 aliphatic heterocycles. The lowest BCUT2D eigenvalue weighted by molar-refractivity contribution is -0.130. The topological polar surface area (TPSA) is 121 Å². The lowest BCUT2D eigenvalue weighted by Crippen LogP contribution is -2.51. The fourth-order valence-electron chi connectivity index (χ4n) is 3.86. The number of carbonyl (C=O) groups is 4. The van der Waals surface area contributed by atoms with Gasteiger partial charge in [-0.2, -0.15) is 0 Å². The Bertz CT molecular complexity index is 1000. The minimum atomic E-state index is -0.852. The summed E-state index contributed by atoms with van der Waals surface area (Å²) >= 11 is 0. The Morgan fingerprint density at radius 3 is 2.25 bits per heavy atom. The Morgan fingerprint density at radius 1 is 1.08 bits per heavy atom. The van der Waals surface area contributed by atoms with Crippen molar-refractivity contribution in [2.45, 2.75) is 39.4 Å². The first-order valence-electron chi connectivity index (χ1n) is 11.5. The number of nitrogens with one attached hydrogen (secondary N) is 2. The molecule has 0 radical (unpaired) electrons. The van der Waals surface area contributed by atoms with Crippen molar-refractivity contribution >= 4 is 35.4 Å². The quantitative estimate of drug-likeness (QED) is 0.595. The van der Waals surface area contributed by atoms with Crippen LogP contribution in [0.5, 0.6) is 0 Å². The third kappa shape index (κ3) is 6.95. The zero-order valence-corrected chi connectivity index (χ0v) is 20.7. The summed E-state index contributed by atoms with van der Waals surface area (Å²) in [6.45, 7) is 7.10. The summed E-state index contributed by atoms with van der Waals surface area (Å²) in [6.07, 6.45) is -2.10. The summed E-state index contributed by atoms with van der Waals surface area (Å²) in [5.74, 6) is -2.32. The molecule has 1 atom stereocenters. The smallest absolute Gasteiger partial charge is 0.414 e. The normalized spacial score (nSPS) is 18.1. The molecule has 36 heavy (non-hydrogen) atoms. The van der Waals surface area contributed by atoms with E-state index in [0.717, 1.165) is 17.0 Å². The zero-order chi connectivity index (χ0) is 26.6. The highest BCUT2D eigenvalue weighted by atomic mass is 19.1. The van der Waals surface area contributed by atoms with Crippen LogP contribution in [0.25, 0.3) is 0 Å². The largest absolute Gasteiger partial charge is 0.444 e. The minimum absolute atomic E-state index is 0.00565. The summed E-state index contributed by atoms with van der Waals surface area (Å²) in [5, 5.41) is 4.94. The number of halogens is 2. The van der Waals surface area contributed by atoms with E-state index >= 15 is 0 Å². The molecule has 0 aliphatic carbocycles. The van der Waals surface area contributed by atoms with Gasteiger partial charge in [-0.25, -0.2) is 18.4 Å². The van der Waals surface area contributed by atoms with E-state index in [9.17, 15) is 28.0 Å². The van der Waals surface area contributed by atoms with Crippen LogP contribution in [-0.2, 0) is 19.1 Å². The van der Waals surface area contributed by atoms with Crippen molar-refractivity contribution in [3.8, 4) is 0 Å². The van der Waals surface area contributed by atoms with Crippen LogP contribution in [-0.4, -0.2) is 86.4 Å². The number of amides is 4. The average molecular weight is 512 g/mol. The molecule has 0 saturated carbocycles. The maximum atomic E-state index is 15.0. The first-order valence-corrected chi connectivity index (χ1v) is 11.5. The van der Waals surface area contributed by atoms with E-state index in [-0.39, 0.29) is 69.0 Å². The number of piperazine rings is 1. The van der Waals surface area contributed by atoms with Gasteiger partial charge in [-0.05, 0) is 20.8 Å². The van der Waals surface area contributed by atoms with Gasteiger partial charge in [0, 0.05) is 45.2 Å². The zero-order valence-electron chi connectivity index (χ0n) is 20.7. The highest BCUT2D eigenvalue weighted by molar-refractivity contribution is 5.90. The van der Waals surface area contributed by atoms with Gasteiger partial charge in [0.25, 0.3) is 0 Å². The molecule has 198 valence electrons. The average Bonchev–Trinajstić information content (AvgIpc) is 3.15. The molecular formula is C23H31F2N5O6. The lowest BCUT2D eigenvalue weighted by Gasteiger charge is -2.36. The molecule has 2 aliphatic rings. The minimum Gasteiger partial charge on any atom is -0.444 e. The molecule has 2 saturated heterocycles. The van der Waals surface area contributed by atoms with Gasteiger partial charge in [-0.1, -0.05) is 0 Å². The third-order valence-electron chi connectivity index (χ3n) is 5.50. The molecule has 11 nitrogen and oxygen atoms in total. The van der Waals surface area contributed by atoms with Crippen LogP contribution in [0.4, 0.5) is 29.7 Å². The van der Waals surface area contributed by atoms with Crippen molar-refractivity contribution in [3.63, 3.8) is 0 Å².